The summed E-state index contributed by atoms with van der Waals surface area (Å²) in [5.74, 6) is 0.711. The summed E-state index contributed by atoms with van der Waals surface area (Å²) in [6, 6.07) is 12.1. The minimum Gasteiger partial charge on any atom is -0.497 e. The van der Waals surface area contributed by atoms with Crippen LogP contribution in [0.25, 0.3) is 11.1 Å². The summed E-state index contributed by atoms with van der Waals surface area (Å²) < 4.78 is 17.3. The van der Waals surface area contributed by atoms with Crippen LogP contribution in [0.1, 0.15) is 11.9 Å². The topological polar surface area (TPSA) is 166 Å². The molecule has 0 radical (unpaired) electrons. The van der Waals surface area contributed by atoms with Gasteiger partial charge in [0.25, 0.3) is 5.56 Å². The fourth-order valence-electron chi connectivity index (χ4n) is 3.80. The van der Waals surface area contributed by atoms with Crippen LogP contribution in [0.3, 0.4) is 0 Å². The van der Waals surface area contributed by atoms with E-state index in [1.54, 1.807) is 25.4 Å². The third kappa shape index (κ3) is 5.49. The van der Waals surface area contributed by atoms with Crippen molar-refractivity contribution in [1.82, 2.24) is 14.1 Å². The largest absolute Gasteiger partial charge is 0.497 e. The number of benzene rings is 1. The average Bonchev–Trinajstić information content (AvgIpc) is 3.14. The highest BCUT2D eigenvalue weighted by atomic mass is 31.2. The Balaban J connectivity index is 1.59. The molecule has 4 rings (SSSR count). The molecule has 4 atom stereocenters. The molecule has 13 heteroatoms. The normalized spacial score (nSPS) is 22.0. The molecular weight excluding hydrogens is 481 g/mol. The van der Waals surface area contributed by atoms with E-state index in [2.05, 4.69) is 9.51 Å². The summed E-state index contributed by atoms with van der Waals surface area (Å²) in [4.78, 5) is 47.7. The fraction of sp³-hybridized carbons (Fsp3) is 0.318. The predicted octanol–water partition coefficient (Wildman–Crippen LogP) is -0.0238. The van der Waals surface area contributed by atoms with E-state index in [0.29, 0.717) is 11.4 Å². The molecule has 186 valence electrons. The Morgan fingerprint density at radius 3 is 2.49 bits per heavy atom. The number of nitrogens with zero attached hydrogens (tertiary/aromatic N) is 3. The molecule has 0 saturated carbocycles. The molecule has 4 N–H and O–H groups in total. The quantitative estimate of drug-likeness (QED) is 0.306. The lowest BCUT2D eigenvalue weighted by Gasteiger charge is -2.18. The van der Waals surface area contributed by atoms with Crippen molar-refractivity contribution in [2.24, 2.45) is 0 Å². The van der Waals surface area contributed by atoms with E-state index in [0.717, 1.165) is 32.5 Å². The van der Waals surface area contributed by atoms with Crippen LogP contribution in [0, 0.1) is 0 Å². The number of methoxy groups -OCH3 is 1. The predicted molar refractivity (Wildman–Crippen MR) is 124 cm³/mol. The zero-order valence-electron chi connectivity index (χ0n) is 18.5. The SMILES string of the molecule is COc1ccc(-c2ccnc(Cn3c(=O)ccn(C4OC(COP(O)O)C(O)C4O)c3=O)c2)cc1. The maximum atomic E-state index is 13.1. The van der Waals surface area contributed by atoms with Gasteiger partial charge < -0.3 is 34.0 Å². The summed E-state index contributed by atoms with van der Waals surface area (Å²) in [7, 11) is -1.11. The molecule has 1 aromatic carbocycles. The summed E-state index contributed by atoms with van der Waals surface area (Å²) in [5.41, 5.74) is 0.816. The van der Waals surface area contributed by atoms with Crippen molar-refractivity contribution >= 4 is 8.60 Å². The van der Waals surface area contributed by atoms with Crippen molar-refractivity contribution < 1.29 is 34.0 Å². The summed E-state index contributed by atoms with van der Waals surface area (Å²) >= 11 is 0. The van der Waals surface area contributed by atoms with E-state index < -0.39 is 51.0 Å². The maximum Gasteiger partial charge on any atom is 0.333 e. The first-order valence-corrected chi connectivity index (χ1v) is 11.7. The monoisotopic (exact) mass is 505 g/mol. The first kappa shape index (κ1) is 25.1. The number of aliphatic hydroxyl groups is 2. The van der Waals surface area contributed by atoms with E-state index in [4.69, 9.17) is 19.3 Å². The first-order valence-electron chi connectivity index (χ1n) is 10.5. The smallest absolute Gasteiger partial charge is 0.333 e. The van der Waals surface area contributed by atoms with E-state index in [-0.39, 0.29) is 6.54 Å². The summed E-state index contributed by atoms with van der Waals surface area (Å²) in [5, 5.41) is 20.6. The molecule has 12 nitrogen and oxygen atoms in total. The lowest BCUT2D eigenvalue weighted by molar-refractivity contribution is -0.0531. The second-order valence-corrected chi connectivity index (χ2v) is 8.55. The maximum absolute atomic E-state index is 13.1. The number of hydrogen-bond donors (Lipinski definition) is 4. The van der Waals surface area contributed by atoms with Crippen molar-refractivity contribution in [2.75, 3.05) is 13.7 Å². The number of rotatable bonds is 8. The van der Waals surface area contributed by atoms with Crippen LogP contribution in [0.2, 0.25) is 0 Å². The fourth-order valence-corrected chi connectivity index (χ4v) is 4.08. The van der Waals surface area contributed by atoms with Crippen LogP contribution in [0.4, 0.5) is 0 Å². The highest BCUT2D eigenvalue weighted by Crippen LogP contribution is 2.32. The molecule has 3 heterocycles. The zero-order valence-corrected chi connectivity index (χ0v) is 19.4. The number of hydrogen-bond acceptors (Lipinski definition) is 10. The van der Waals surface area contributed by atoms with Gasteiger partial charge in [-0.15, -0.1) is 0 Å². The van der Waals surface area contributed by atoms with Gasteiger partial charge in [-0.2, -0.15) is 0 Å². The number of aromatic nitrogens is 3. The van der Waals surface area contributed by atoms with E-state index >= 15 is 0 Å². The van der Waals surface area contributed by atoms with Gasteiger partial charge in [0.05, 0.1) is 26.0 Å². The van der Waals surface area contributed by atoms with Gasteiger partial charge in [-0.25, -0.2) is 4.79 Å². The Hall–Kier alpha value is -2.96. The van der Waals surface area contributed by atoms with Crippen molar-refractivity contribution in [2.45, 2.75) is 31.1 Å². The van der Waals surface area contributed by atoms with Crippen LogP contribution >= 0.6 is 8.60 Å². The standard InChI is InChI=1S/C22H24N3O9P/c1-32-16-4-2-13(3-5-16)14-6-8-23-15(10-14)11-25-18(26)7-9-24(22(25)29)21-20(28)19(27)17(34-21)12-33-35(30)31/h2-10,17,19-21,27-28,30-31H,11-12H2,1H3. The van der Waals surface area contributed by atoms with Gasteiger partial charge in [0.2, 0.25) is 0 Å². The summed E-state index contributed by atoms with van der Waals surface area (Å²) in [6.45, 7) is -0.552. The molecule has 2 aromatic heterocycles. The molecule has 1 fully saturated rings. The third-order valence-corrected chi connectivity index (χ3v) is 6.00. The van der Waals surface area contributed by atoms with Gasteiger partial charge in [-0.05, 0) is 35.4 Å². The molecule has 1 aliphatic rings. The van der Waals surface area contributed by atoms with Crippen molar-refractivity contribution in [3.05, 3.63) is 81.4 Å². The van der Waals surface area contributed by atoms with Crippen LogP contribution in [-0.4, -0.2) is 66.1 Å². The lowest BCUT2D eigenvalue weighted by atomic mass is 10.1. The van der Waals surface area contributed by atoms with Crippen LogP contribution in [0.5, 0.6) is 5.75 Å². The molecule has 4 unspecified atom stereocenters. The minimum atomic E-state index is -2.68. The number of ether oxygens (including phenoxy) is 2. The molecule has 1 aliphatic heterocycles. The van der Waals surface area contributed by atoms with Gasteiger partial charge >= 0.3 is 14.3 Å². The highest BCUT2D eigenvalue weighted by molar-refractivity contribution is 7.39. The van der Waals surface area contributed by atoms with Gasteiger partial charge in [-0.1, -0.05) is 12.1 Å². The van der Waals surface area contributed by atoms with Gasteiger partial charge in [0.1, 0.15) is 24.1 Å². The second-order valence-electron chi connectivity index (χ2n) is 7.79. The highest BCUT2D eigenvalue weighted by Gasteiger charge is 2.44. The Bertz CT molecular complexity index is 1280. The molecule has 3 aromatic rings. The van der Waals surface area contributed by atoms with Crippen LogP contribution < -0.4 is 16.0 Å². The van der Waals surface area contributed by atoms with Crippen molar-refractivity contribution in [1.29, 1.82) is 0 Å². The van der Waals surface area contributed by atoms with Gasteiger partial charge in [0, 0.05) is 18.5 Å². The van der Waals surface area contributed by atoms with E-state index in [1.807, 2.05) is 24.3 Å². The Morgan fingerprint density at radius 2 is 1.80 bits per heavy atom. The van der Waals surface area contributed by atoms with Crippen LogP contribution in [-0.2, 0) is 15.8 Å². The van der Waals surface area contributed by atoms with Gasteiger partial charge in [0.15, 0.2) is 6.23 Å². The first-order chi connectivity index (χ1) is 16.8. The molecule has 0 amide bonds. The molecule has 0 spiro atoms. The second kappa shape index (κ2) is 10.8. The molecule has 35 heavy (non-hydrogen) atoms. The Morgan fingerprint density at radius 1 is 1.06 bits per heavy atom. The van der Waals surface area contributed by atoms with Crippen molar-refractivity contribution in [3.63, 3.8) is 0 Å². The molecule has 0 bridgehead atoms. The van der Waals surface area contributed by atoms with Crippen molar-refractivity contribution in [3.8, 4) is 16.9 Å². The van der Waals surface area contributed by atoms with E-state index in [9.17, 15) is 19.8 Å². The van der Waals surface area contributed by atoms with E-state index in [1.165, 1.54) is 0 Å². The Labute approximate surface area is 200 Å². The molecule has 1 saturated heterocycles. The van der Waals surface area contributed by atoms with Crippen LogP contribution in [0.15, 0.2) is 64.4 Å². The lowest BCUT2D eigenvalue weighted by Crippen LogP contribution is -2.43. The number of pyridine rings is 1. The zero-order chi connectivity index (χ0) is 25.1. The Kier molecular flexibility index (Phi) is 7.72. The minimum absolute atomic E-state index is 0.139. The summed E-state index contributed by atoms with van der Waals surface area (Å²) in [6.07, 6.45) is -2.67. The number of aliphatic hydroxyl groups excluding tert-OH is 2. The molecule has 0 aliphatic carbocycles. The average molecular weight is 505 g/mol. The van der Waals surface area contributed by atoms with Gasteiger partial charge in [-0.3, -0.25) is 18.9 Å². The molecular formula is C22H24N3O9P. The third-order valence-electron chi connectivity index (χ3n) is 5.62.